The van der Waals surface area contributed by atoms with E-state index in [1.807, 2.05) is 51.1 Å². The second-order valence-corrected chi connectivity index (χ2v) is 12.8. The van der Waals surface area contributed by atoms with Gasteiger partial charge >= 0.3 is 0 Å². The lowest BCUT2D eigenvalue weighted by Gasteiger charge is -2.37. The minimum atomic E-state index is -0.464. The molecule has 5 rings (SSSR count). The summed E-state index contributed by atoms with van der Waals surface area (Å²) in [4.78, 5) is 29.5. The number of aryl methyl sites for hydroxylation is 3. The number of rotatable bonds is 6. The van der Waals surface area contributed by atoms with E-state index in [0.29, 0.717) is 39.9 Å². The predicted molar refractivity (Wildman–Crippen MR) is 152 cm³/mol. The maximum absolute atomic E-state index is 13.2. The first-order valence-electron chi connectivity index (χ1n) is 12.1. The predicted octanol–water partition coefficient (Wildman–Crippen LogP) is 5.56. The van der Waals surface area contributed by atoms with Crippen LogP contribution in [0.3, 0.4) is 0 Å². The van der Waals surface area contributed by atoms with Crippen LogP contribution in [0.2, 0.25) is 0 Å². The van der Waals surface area contributed by atoms with Crippen molar-refractivity contribution in [3.63, 3.8) is 0 Å². The summed E-state index contributed by atoms with van der Waals surface area (Å²) >= 11 is 4.14. The van der Waals surface area contributed by atoms with Crippen molar-refractivity contribution in [3.05, 3.63) is 73.9 Å². The fourth-order valence-corrected chi connectivity index (χ4v) is 7.49. The van der Waals surface area contributed by atoms with Gasteiger partial charge in [0.05, 0.1) is 23.3 Å². The third-order valence-electron chi connectivity index (χ3n) is 6.53. The molecule has 3 N–H and O–H groups in total. The zero-order valence-electron chi connectivity index (χ0n) is 21.2. The summed E-state index contributed by atoms with van der Waals surface area (Å²) in [6.45, 7) is 5.97. The van der Waals surface area contributed by atoms with Crippen LogP contribution >= 0.6 is 34.4 Å². The Morgan fingerprint density at radius 2 is 2.03 bits per heavy atom. The molecule has 0 saturated carbocycles. The molecule has 0 fully saturated rings. The molecular weight excluding hydrogens is 537 g/mol. The van der Waals surface area contributed by atoms with Gasteiger partial charge in [-0.3, -0.25) is 14.5 Å². The zero-order chi connectivity index (χ0) is 27.0. The molecule has 1 aliphatic heterocycles. The van der Waals surface area contributed by atoms with E-state index < -0.39 is 5.92 Å². The van der Waals surface area contributed by atoms with Gasteiger partial charge in [0.1, 0.15) is 5.82 Å². The van der Waals surface area contributed by atoms with Gasteiger partial charge in [-0.25, -0.2) is 0 Å². The maximum atomic E-state index is 13.2. The Bertz CT molecular complexity index is 1540. The molecule has 0 bridgehead atoms. The van der Waals surface area contributed by atoms with Gasteiger partial charge in [0.25, 0.3) is 0 Å². The van der Waals surface area contributed by atoms with Crippen LogP contribution in [0.25, 0.3) is 0 Å². The number of nitrogens with two attached hydrogens (primary N) is 1. The Morgan fingerprint density at radius 1 is 1.21 bits per heavy atom. The number of hydrogen-bond acceptors (Lipinski definition) is 10. The van der Waals surface area contributed by atoms with Crippen LogP contribution in [0.1, 0.15) is 46.1 Å². The first kappa shape index (κ1) is 26.2. The van der Waals surface area contributed by atoms with Crippen LogP contribution in [0.4, 0.5) is 10.8 Å². The number of carbonyl (C=O) groups excluding carboxylic acids is 2. The van der Waals surface area contributed by atoms with E-state index in [1.165, 1.54) is 23.1 Å². The quantitative estimate of drug-likeness (QED) is 0.374. The summed E-state index contributed by atoms with van der Waals surface area (Å²) < 4.78 is 0.599. The normalized spacial score (nSPS) is 17.5. The summed E-state index contributed by atoms with van der Waals surface area (Å²) in [6.07, 6.45) is 1.80. The number of nitriles is 1. The summed E-state index contributed by atoms with van der Waals surface area (Å²) in [7, 11) is 0. The van der Waals surface area contributed by atoms with Crippen LogP contribution in [-0.2, 0) is 9.59 Å². The molecule has 11 heteroatoms. The number of hydrogen-bond donors (Lipinski definition) is 2. The fourth-order valence-electron chi connectivity index (χ4n) is 4.82. The molecule has 3 heterocycles. The zero-order valence-corrected chi connectivity index (χ0v) is 23.6. The summed E-state index contributed by atoms with van der Waals surface area (Å²) in [5, 5.41) is 22.1. The third-order valence-corrected chi connectivity index (χ3v) is 9.64. The van der Waals surface area contributed by atoms with Gasteiger partial charge in [0, 0.05) is 33.1 Å². The van der Waals surface area contributed by atoms with Crippen molar-refractivity contribution in [2.45, 2.75) is 50.3 Å². The average molecular weight is 563 g/mol. The number of benzene rings is 1. The highest BCUT2D eigenvalue weighted by Gasteiger charge is 2.41. The largest absolute Gasteiger partial charge is 0.384 e. The van der Waals surface area contributed by atoms with Crippen molar-refractivity contribution in [1.82, 2.24) is 10.2 Å². The SMILES string of the molecule is Cc1ccc(NC(=O)CSc2nnc(N3C(N)=C(C#N)C(c4ccc(C)s4)C4=C3CCCC4=O)s2)c(C)c1. The van der Waals surface area contributed by atoms with E-state index in [1.54, 1.807) is 16.2 Å². The first-order valence-corrected chi connectivity index (χ1v) is 14.7. The summed E-state index contributed by atoms with van der Waals surface area (Å²) in [5.74, 6) is -0.122. The standard InChI is InChI=1S/C27H26N6O2S3/c1-14-7-9-18(15(2)11-14)30-22(35)13-36-27-32-31-26(38-27)33-19-5-4-6-20(34)24(19)23(17(12-28)25(33)29)21-10-8-16(3)37-21/h7-11,23H,4-6,13,29H2,1-3H3,(H,30,35). The molecule has 1 amide bonds. The van der Waals surface area contributed by atoms with E-state index >= 15 is 0 Å². The number of allylic oxidation sites excluding steroid dienone is 3. The van der Waals surface area contributed by atoms with Crippen LogP contribution in [0.5, 0.6) is 0 Å². The molecule has 2 aliphatic rings. The number of aromatic nitrogens is 2. The van der Waals surface area contributed by atoms with Crippen LogP contribution in [-0.4, -0.2) is 27.6 Å². The first-order chi connectivity index (χ1) is 18.3. The number of thioether (sulfide) groups is 1. The minimum Gasteiger partial charge on any atom is -0.384 e. The Kier molecular flexibility index (Phi) is 7.38. The highest BCUT2D eigenvalue weighted by atomic mass is 32.2. The number of ketones is 1. The maximum Gasteiger partial charge on any atom is 0.234 e. The number of nitrogens with zero attached hydrogens (tertiary/aromatic N) is 4. The summed E-state index contributed by atoms with van der Waals surface area (Å²) in [5.41, 5.74) is 11.3. The molecule has 38 heavy (non-hydrogen) atoms. The monoisotopic (exact) mass is 562 g/mol. The molecule has 3 aromatic rings. The van der Waals surface area contributed by atoms with Gasteiger partial charge in [0.15, 0.2) is 10.1 Å². The van der Waals surface area contributed by atoms with Crippen LogP contribution in [0.15, 0.2) is 57.3 Å². The lowest BCUT2D eigenvalue weighted by atomic mass is 9.78. The molecule has 1 unspecified atom stereocenters. The number of Topliss-reactive ketones (excluding diaryl/α,β-unsaturated/α-hetero) is 1. The number of nitrogens with one attached hydrogen (secondary N) is 1. The van der Waals surface area contributed by atoms with E-state index in [-0.39, 0.29) is 23.3 Å². The second-order valence-electron chi connectivity index (χ2n) is 9.27. The van der Waals surface area contributed by atoms with Gasteiger partial charge in [-0.1, -0.05) is 40.8 Å². The molecule has 0 saturated heterocycles. The van der Waals surface area contributed by atoms with Gasteiger partial charge in [-0.15, -0.1) is 21.5 Å². The molecule has 1 atom stereocenters. The van der Waals surface area contributed by atoms with Crippen LogP contribution < -0.4 is 16.0 Å². The number of anilines is 2. The molecule has 0 spiro atoms. The molecule has 1 aliphatic carbocycles. The van der Waals surface area contributed by atoms with Crippen molar-refractivity contribution < 1.29 is 9.59 Å². The minimum absolute atomic E-state index is 0.0368. The molecular formula is C27H26N6O2S3. The van der Waals surface area contributed by atoms with E-state index in [0.717, 1.165) is 32.3 Å². The highest BCUT2D eigenvalue weighted by molar-refractivity contribution is 8.01. The van der Waals surface area contributed by atoms with Gasteiger partial charge in [0.2, 0.25) is 11.0 Å². The van der Waals surface area contributed by atoms with Crippen molar-refractivity contribution in [2.24, 2.45) is 5.73 Å². The summed E-state index contributed by atoms with van der Waals surface area (Å²) in [6, 6.07) is 12.1. The van der Waals surface area contributed by atoms with E-state index in [2.05, 4.69) is 21.6 Å². The van der Waals surface area contributed by atoms with Crippen LogP contribution in [0, 0.1) is 32.1 Å². The topological polar surface area (TPSA) is 125 Å². The number of thiophene rings is 1. The lowest BCUT2D eigenvalue weighted by molar-refractivity contribution is -0.116. The fraction of sp³-hybridized carbons (Fsp3) is 0.296. The molecule has 194 valence electrons. The van der Waals surface area contributed by atoms with Crippen molar-refractivity contribution >= 4 is 56.9 Å². The van der Waals surface area contributed by atoms with Gasteiger partial charge in [-0.05, 0) is 57.4 Å². The second kappa shape index (κ2) is 10.7. The Morgan fingerprint density at radius 3 is 2.74 bits per heavy atom. The van der Waals surface area contributed by atoms with Crippen molar-refractivity contribution in [2.75, 3.05) is 16.0 Å². The highest BCUT2D eigenvalue weighted by Crippen LogP contribution is 2.48. The molecule has 1 aromatic carbocycles. The molecule has 8 nitrogen and oxygen atoms in total. The van der Waals surface area contributed by atoms with Crippen molar-refractivity contribution in [3.8, 4) is 6.07 Å². The Labute approximate surface area is 233 Å². The van der Waals surface area contributed by atoms with Gasteiger partial charge in [-0.2, -0.15) is 5.26 Å². The van der Waals surface area contributed by atoms with Crippen molar-refractivity contribution in [1.29, 1.82) is 5.26 Å². The third kappa shape index (κ3) is 4.99. The average Bonchev–Trinajstić information content (AvgIpc) is 3.53. The van der Waals surface area contributed by atoms with E-state index in [9.17, 15) is 14.9 Å². The molecule has 0 radical (unpaired) electrons. The smallest absolute Gasteiger partial charge is 0.234 e. The number of amides is 1. The lowest BCUT2D eigenvalue weighted by Crippen LogP contribution is -2.38. The van der Waals surface area contributed by atoms with E-state index in [4.69, 9.17) is 5.73 Å². The van der Waals surface area contributed by atoms with Gasteiger partial charge < -0.3 is 11.1 Å². The number of carbonyl (C=O) groups is 2. The molecule has 2 aromatic heterocycles. The Balaban J connectivity index is 1.40. The Hall–Kier alpha value is -3.46.